The number of amides is 1. The molecule has 2 rings (SSSR count). The Bertz CT molecular complexity index is 762. The van der Waals surface area contributed by atoms with E-state index in [2.05, 4.69) is 10.2 Å². The van der Waals surface area contributed by atoms with E-state index < -0.39 is 10.7 Å². The average molecular weight is 339 g/mol. The molecule has 0 aliphatic carbocycles. The smallest absolute Gasteiger partial charge is 0.286 e. The van der Waals surface area contributed by atoms with Crippen molar-refractivity contribution in [1.82, 2.24) is 19.7 Å². The van der Waals surface area contributed by atoms with Crippen LogP contribution in [0.2, 0.25) is 0 Å². The normalized spacial score (nSPS) is 10.6. The zero-order chi connectivity index (χ0) is 17.1. The van der Waals surface area contributed by atoms with Crippen LogP contribution in [0, 0.1) is 22.9 Å². The predicted octanol–water partition coefficient (Wildman–Crippen LogP) is 1.87. The van der Waals surface area contributed by atoms with E-state index in [-0.39, 0.29) is 23.0 Å². The first-order valence-electron chi connectivity index (χ1n) is 6.51. The highest BCUT2D eigenvalue weighted by Crippen LogP contribution is 2.34. The Labute approximate surface area is 135 Å². The zero-order valence-electron chi connectivity index (χ0n) is 12.7. The number of likely N-dealkylation sites (N-methyl/N-ethyl adjacent to an activating group) is 1. The summed E-state index contributed by atoms with van der Waals surface area (Å²) in [6.07, 6.45) is 0. The first-order valence-corrected chi connectivity index (χ1v) is 7.33. The van der Waals surface area contributed by atoms with Crippen molar-refractivity contribution in [3.05, 3.63) is 40.0 Å². The number of carbonyl (C=O) groups is 1. The highest BCUT2D eigenvalue weighted by Gasteiger charge is 2.20. The number of rotatable bonds is 5. The van der Waals surface area contributed by atoms with Crippen LogP contribution >= 0.6 is 11.8 Å². The highest BCUT2D eigenvalue weighted by molar-refractivity contribution is 7.99. The minimum Gasteiger partial charge on any atom is -0.347 e. The number of carbonyl (C=O) groups excluding carboxylic acids is 1. The van der Waals surface area contributed by atoms with Gasteiger partial charge in [-0.15, -0.1) is 10.2 Å². The summed E-state index contributed by atoms with van der Waals surface area (Å²) in [6, 6.07) is 3.29. The molecule has 0 saturated heterocycles. The Hall–Kier alpha value is -2.49. The number of hydrogen-bond acceptors (Lipinski definition) is 6. The maximum Gasteiger partial charge on any atom is 0.286 e. The molecule has 8 nitrogen and oxygen atoms in total. The molecule has 1 amide bonds. The Morgan fingerprint density at radius 1 is 1.43 bits per heavy atom. The predicted molar refractivity (Wildman–Crippen MR) is 80.6 cm³/mol. The number of hydrogen-bond donors (Lipinski definition) is 0. The lowest BCUT2D eigenvalue weighted by Gasteiger charge is -2.12. The molecular weight excluding hydrogens is 325 g/mol. The van der Waals surface area contributed by atoms with E-state index in [1.807, 2.05) is 0 Å². The van der Waals surface area contributed by atoms with Crippen molar-refractivity contribution in [3.63, 3.8) is 0 Å². The Morgan fingerprint density at radius 2 is 2.13 bits per heavy atom. The summed E-state index contributed by atoms with van der Waals surface area (Å²) in [4.78, 5) is 23.9. The second kappa shape index (κ2) is 6.73. The van der Waals surface area contributed by atoms with Gasteiger partial charge in [0.05, 0.1) is 15.9 Å². The molecular formula is C13H14FN5O3S. The molecule has 0 aliphatic heterocycles. The summed E-state index contributed by atoms with van der Waals surface area (Å²) in [5, 5.41) is 19.2. The molecule has 0 bridgehead atoms. The van der Waals surface area contributed by atoms with Crippen LogP contribution in [0.4, 0.5) is 10.1 Å². The molecule has 1 aromatic carbocycles. The number of halogens is 1. The van der Waals surface area contributed by atoms with Crippen LogP contribution in [-0.2, 0) is 11.3 Å². The van der Waals surface area contributed by atoms with Gasteiger partial charge in [-0.2, -0.15) is 0 Å². The fraction of sp³-hybridized carbons (Fsp3) is 0.308. The van der Waals surface area contributed by atoms with Crippen molar-refractivity contribution < 1.29 is 14.1 Å². The molecule has 0 aliphatic rings. The lowest BCUT2D eigenvalue weighted by atomic mass is 10.3. The van der Waals surface area contributed by atoms with E-state index in [0.29, 0.717) is 11.0 Å². The minimum absolute atomic E-state index is 0.0170. The monoisotopic (exact) mass is 339 g/mol. The molecule has 0 N–H and O–H groups in total. The molecule has 0 radical (unpaired) electrons. The zero-order valence-corrected chi connectivity index (χ0v) is 13.5. The minimum atomic E-state index is -0.693. The van der Waals surface area contributed by atoms with Crippen LogP contribution in [0.5, 0.6) is 0 Å². The topological polar surface area (TPSA) is 94.2 Å². The van der Waals surface area contributed by atoms with Crippen molar-refractivity contribution in [2.45, 2.75) is 23.5 Å². The van der Waals surface area contributed by atoms with Crippen LogP contribution in [0.1, 0.15) is 5.82 Å². The highest BCUT2D eigenvalue weighted by atomic mass is 32.2. The van der Waals surface area contributed by atoms with Gasteiger partial charge in [0, 0.05) is 14.1 Å². The fourth-order valence-electron chi connectivity index (χ4n) is 1.71. The van der Waals surface area contributed by atoms with Gasteiger partial charge in [0.1, 0.15) is 18.2 Å². The van der Waals surface area contributed by atoms with Crippen LogP contribution in [0.3, 0.4) is 0 Å². The van der Waals surface area contributed by atoms with E-state index in [9.17, 15) is 19.3 Å². The van der Waals surface area contributed by atoms with Gasteiger partial charge in [0.2, 0.25) is 5.91 Å². The molecule has 23 heavy (non-hydrogen) atoms. The van der Waals surface area contributed by atoms with Crippen molar-refractivity contribution in [1.29, 1.82) is 0 Å². The number of nitro benzene ring substituents is 1. The lowest BCUT2D eigenvalue weighted by molar-refractivity contribution is -0.387. The van der Waals surface area contributed by atoms with Gasteiger partial charge < -0.3 is 4.90 Å². The molecule has 1 aromatic heterocycles. The van der Waals surface area contributed by atoms with Gasteiger partial charge in [-0.3, -0.25) is 19.5 Å². The third-order valence-corrected chi connectivity index (χ3v) is 4.06. The first-order chi connectivity index (χ1) is 10.8. The molecule has 0 saturated carbocycles. The second-order valence-corrected chi connectivity index (χ2v) is 5.88. The third-order valence-electron chi connectivity index (χ3n) is 3.01. The van der Waals surface area contributed by atoms with Crippen molar-refractivity contribution in [2.24, 2.45) is 0 Å². The molecule has 2 aromatic rings. The Morgan fingerprint density at radius 3 is 2.74 bits per heavy atom. The Kier molecular flexibility index (Phi) is 4.94. The average Bonchev–Trinajstić information content (AvgIpc) is 2.81. The van der Waals surface area contributed by atoms with E-state index in [1.54, 1.807) is 25.6 Å². The number of nitrogens with zero attached hydrogens (tertiary/aromatic N) is 5. The summed E-state index contributed by atoms with van der Waals surface area (Å²) in [6.45, 7) is 1.70. The van der Waals surface area contributed by atoms with E-state index in [0.717, 1.165) is 23.9 Å². The molecule has 1 heterocycles. The third kappa shape index (κ3) is 3.83. The van der Waals surface area contributed by atoms with Crippen LogP contribution in [-0.4, -0.2) is 44.6 Å². The van der Waals surface area contributed by atoms with Crippen LogP contribution in [0.25, 0.3) is 0 Å². The van der Waals surface area contributed by atoms with Gasteiger partial charge in [-0.1, -0.05) is 0 Å². The number of aryl methyl sites for hydroxylation is 1. The summed E-state index contributed by atoms with van der Waals surface area (Å²) < 4.78 is 14.7. The summed E-state index contributed by atoms with van der Waals surface area (Å²) >= 11 is 0.963. The fourth-order valence-corrected chi connectivity index (χ4v) is 2.67. The van der Waals surface area contributed by atoms with Gasteiger partial charge in [0.25, 0.3) is 5.69 Å². The van der Waals surface area contributed by atoms with E-state index in [1.165, 1.54) is 11.0 Å². The van der Waals surface area contributed by atoms with Crippen LogP contribution in [0.15, 0.2) is 28.3 Å². The number of nitro groups is 1. The molecule has 0 spiro atoms. The maximum atomic E-state index is 13.2. The SMILES string of the molecule is Cc1nnc(Sc2ccc(F)cc2[N+](=O)[O-])n1CC(=O)N(C)C. The van der Waals surface area contributed by atoms with Gasteiger partial charge in [-0.05, 0) is 30.8 Å². The summed E-state index contributed by atoms with van der Waals surface area (Å²) in [7, 11) is 3.25. The first kappa shape index (κ1) is 16.9. The molecule has 10 heteroatoms. The second-order valence-electron chi connectivity index (χ2n) is 4.88. The molecule has 0 atom stereocenters. The van der Waals surface area contributed by atoms with Crippen molar-refractivity contribution in [3.8, 4) is 0 Å². The van der Waals surface area contributed by atoms with E-state index >= 15 is 0 Å². The summed E-state index contributed by atoms with van der Waals surface area (Å²) in [5.74, 6) is -0.350. The van der Waals surface area contributed by atoms with Gasteiger partial charge in [0.15, 0.2) is 5.16 Å². The molecule has 122 valence electrons. The molecule has 0 unspecified atom stereocenters. The van der Waals surface area contributed by atoms with Gasteiger partial charge >= 0.3 is 0 Å². The van der Waals surface area contributed by atoms with Crippen LogP contribution < -0.4 is 0 Å². The van der Waals surface area contributed by atoms with Gasteiger partial charge in [-0.25, -0.2) is 4.39 Å². The Balaban J connectivity index is 2.35. The van der Waals surface area contributed by atoms with Crippen molar-refractivity contribution in [2.75, 3.05) is 14.1 Å². The number of benzene rings is 1. The van der Waals surface area contributed by atoms with Crippen molar-refractivity contribution >= 4 is 23.4 Å². The largest absolute Gasteiger partial charge is 0.347 e. The van der Waals surface area contributed by atoms with E-state index in [4.69, 9.17) is 0 Å². The number of aromatic nitrogens is 3. The molecule has 0 fully saturated rings. The quantitative estimate of drug-likeness (QED) is 0.610. The lowest BCUT2D eigenvalue weighted by Crippen LogP contribution is -2.27. The summed E-state index contributed by atoms with van der Waals surface area (Å²) in [5.41, 5.74) is -0.360. The maximum absolute atomic E-state index is 13.2. The standard InChI is InChI=1S/C13H14FN5O3S/c1-8-15-16-13(18(8)7-12(20)17(2)3)23-11-5-4-9(14)6-10(11)19(21)22/h4-6H,7H2,1-3H3.